The van der Waals surface area contributed by atoms with Crippen molar-refractivity contribution in [3.63, 3.8) is 0 Å². The number of nitrogens with one attached hydrogen (secondary N) is 1. The molecule has 1 N–H and O–H groups in total. The topological polar surface area (TPSA) is 29.9 Å². The summed E-state index contributed by atoms with van der Waals surface area (Å²) in [6.45, 7) is 6.24. The number of likely N-dealkylation sites (N-methyl/N-ethyl adjacent to an activating group) is 1. The Morgan fingerprint density at radius 2 is 2.19 bits per heavy atom. The molecule has 21 heavy (non-hydrogen) atoms. The Morgan fingerprint density at radius 1 is 1.38 bits per heavy atom. The van der Waals surface area contributed by atoms with E-state index in [0.29, 0.717) is 0 Å². The summed E-state index contributed by atoms with van der Waals surface area (Å²) in [6, 6.07) is 6.52. The zero-order valence-electron chi connectivity index (χ0n) is 12.4. The number of hydrogen-bond donors (Lipinski definition) is 1. The SMILES string of the molecule is CCCn1ccnc1CC(NCC)c1ccc(I)c(Cl)c1. The van der Waals surface area contributed by atoms with Gasteiger partial charge in [0, 0.05) is 35.0 Å². The van der Waals surface area contributed by atoms with Crippen LogP contribution in [0.25, 0.3) is 0 Å². The minimum Gasteiger partial charge on any atom is -0.335 e. The van der Waals surface area contributed by atoms with Crippen molar-refractivity contribution in [1.82, 2.24) is 14.9 Å². The molecule has 0 saturated carbocycles. The van der Waals surface area contributed by atoms with Crippen LogP contribution in [0.4, 0.5) is 0 Å². The summed E-state index contributed by atoms with van der Waals surface area (Å²) in [5.41, 5.74) is 1.22. The van der Waals surface area contributed by atoms with Crippen LogP contribution in [0.2, 0.25) is 5.02 Å². The Labute approximate surface area is 145 Å². The van der Waals surface area contributed by atoms with Crippen LogP contribution in [-0.2, 0) is 13.0 Å². The van der Waals surface area contributed by atoms with E-state index in [1.807, 2.05) is 6.20 Å². The van der Waals surface area contributed by atoms with Gasteiger partial charge in [-0.05, 0) is 53.3 Å². The molecule has 0 radical (unpaired) electrons. The highest BCUT2D eigenvalue weighted by atomic mass is 127. The fourth-order valence-electron chi connectivity index (χ4n) is 2.44. The van der Waals surface area contributed by atoms with Crippen molar-refractivity contribution in [3.05, 3.63) is 50.6 Å². The monoisotopic (exact) mass is 417 g/mol. The van der Waals surface area contributed by atoms with Gasteiger partial charge < -0.3 is 9.88 Å². The highest BCUT2D eigenvalue weighted by Gasteiger charge is 2.15. The molecular formula is C16H21ClIN3. The van der Waals surface area contributed by atoms with E-state index in [4.69, 9.17) is 11.6 Å². The summed E-state index contributed by atoms with van der Waals surface area (Å²) in [4.78, 5) is 4.51. The zero-order chi connectivity index (χ0) is 15.2. The zero-order valence-corrected chi connectivity index (χ0v) is 15.4. The van der Waals surface area contributed by atoms with Crippen LogP contribution in [0.15, 0.2) is 30.6 Å². The summed E-state index contributed by atoms with van der Waals surface area (Å²) in [5, 5.41) is 4.35. The number of hydrogen-bond acceptors (Lipinski definition) is 2. The molecule has 1 aromatic carbocycles. The van der Waals surface area contributed by atoms with Gasteiger partial charge in [-0.3, -0.25) is 0 Å². The Kier molecular flexibility index (Phi) is 6.51. The number of aryl methyl sites for hydroxylation is 1. The van der Waals surface area contributed by atoms with Gasteiger partial charge in [0.05, 0.1) is 5.02 Å². The third-order valence-electron chi connectivity index (χ3n) is 3.45. The molecule has 0 aliphatic rings. The first-order chi connectivity index (χ1) is 10.2. The Balaban J connectivity index is 2.22. The summed E-state index contributed by atoms with van der Waals surface area (Å²) in [7, 11) is 0. The second kappa shape index (κ2) is 8.15. The lowest BCUT2D eigenvalue weighted by Gasteiger charge is -2.19. The molecule has 0 amide bonds. The van der Waals surface area contributed by atoms with E-state index in [9.17, 15) is 0 Å². The van der Waals surface area contributed by atoms with Crippen LogP contribution in [0.1, 0.15) is 37.7 Å². The quantitative estimate of drug-likeness (QED) is 0.675. The van der Waals surface area contributed by atoms with Crippen molar-refractivity contribution in [2.45, 2.75) is 39.3 Å². The molecule has 2 rings (SSSR count). The summed E-state index contributed by atoms with van der Waals surface area (Å²) < 4.78 is 3.32. The second-order valence-electron chi connectivity index (χ2n) is 5.02. The van der Waals surface area contributed by atoms with E-state index in [-0.39, 0.29) is 6.04 Å². The van der Waals surface area contributed by atoms with Crippen LogP contribution >= 0.6 is 34.2 Å². The van der Waals surface area contributed by atoms with Gasteiger partial charge in [-0.2, -0.15) is 0 Å². The standard InChI is InChI=1S/C16H21ClIN3/c1-3-8-21-9-7-20-16(21)11-15(19-4-2)12-5-6-14(18)13(17)10-12/h5-7,9-10,15,19H,3-4,8,11H2,1-2H3. The number of nitrogens with zero attached hydrogens (tertiary/aromatic N) is 2. The van der Waals surface area contributed by atoms with E-state index in [2.05, 4.69) is 75.7 Å². The lowest BCUT2D eigenvalue weighted by Crippen LogP contribution is -2.24. The fraction of sp³-hybridized carbons (Fsp3) is 0.438. The van der Waals surface area contributed by atoms with Gasteiger partial charge in [0.15, 0.2) is 0 Å². The first kappa shape index (κ1) is 16.8. The van der Waals surface area contributed by atoms with Gasteiger partial charge in [0.1, 0.15) is 5.82 Å². The lowest BCUT2D eigenvalue weighted by atomic mass is 10.0. The van der Waals surface area contributed by atoms with Gasteiger partial charge >= 0.3 is 0 Å². The molecule has 1 aromatic heterocycles. The molecule has 0 fully saturated rings. The van der Waals surface area contributed by atoms with Gasteiger partial charge in [-0.25, -0.2) is 4.98 Å². The van der Waals surface area contributed by atoms with Crippen LogP contribution < -0.4 is 5.32 Å². The third kappa shape index (κ3) is 4.44. The molecular weight excluding hydrogens is 397 g/mol. The average Bonchev–Trinajstić information content (AvgIpc) is 2.89. The predicted molar refractivity (Wildman–Crippen MR) is 96.8 cm³/mol. The van der Waals surface area contributed by atoms with Crippen LogP contribution in [0, 0.1) is 3.57 Å². The fourth-order valence-corrected chi connectivity index (χ4v) is 2.96. The molecule has 114 valence electrons. The number of imidazole rings is 1. The first-order valence-corrected chi connectivity index (χ1v) is 8.79. The normalized spacial score (nSPS) is 12.6. The van der Waals surface area contributed by atoms with Crippen molar-refractivity contribution in [1.29, 1.82) is 0 Å². The molecule has 0 bridgehead atoms. The van der Waals surface area contributed by atoms with Gasteiger partial charge in [-0.1, -0.05) is 31.5 Å². The molecule has 1 unspecified atom stereocenters. The molecule has 1 heterocycles. The molecule has 3 nitrogen and oxygen atoms in total. The summed E-state index contributed by atoms with van der Waals surface area (Å²) in [6.07, 6.45) is 5.93. The van der Waals surface area contributed by atoms with Gasteiger partial charge in [-0.15, -0.1) is 0 Å². The maximum absolute atomic E-state index is 6.26. The average molecular weight is 418 g/mol. The van der Waals surface area contributed by atoms with Crippen molar-refractivity contribution < 1.29 is 0 Å². The Bertz CT molecular complexity index is 583. The van der Waals surface area contributed by atoms with E-state index < -0.39 is 0 Å². The minimum atomic E-state index is 0.238. The maximum atomic E-state index is 6.26. The number of benzene rings is 1. The molecule has 2 aromatic rings. The summed E-state index contributed by atoms with van der Waals surface area (Å²) >= 11 is 8.52. The smallest absolute Gasteiger partial charge is 0.110 e. The van der Waals surface area contributed by atoms with Crippen LogP contribution in [-0.4, -0.2) is 16.1 Å². The number of halogens is 2. The number of aromatic nitrogens is 2. The third-order valence-corrected chi connectivity index (χ3v) is 5.02. The first-order valence-electron chi connectivity index (χ1n) is 7.34. The van der Waals surface area contributed by atoms with Crippen LogP contribution in [0.3, 0.4) is 0 Å². The molecule has 5 heteroatoms. The van der Waals surface area contributed by atoms with Crippen molar-refractivity contribution >= 4 is 34.2 Å². The lowest BCUT2D eigenvalue weighted by molar-refractivity contribution is 0.516. The van der Waals surface area contributed by atoms with Crippen molar-refractivity contribution in [2.75, 3.05) is 6.54 Å². The summed E-state index contributed by atoms with van der Waals surface area (Å²) in [5.74, 6) is 1.12. The Morgan fingerprint density at radius 3 is 2.86 bits per heavy atom. The molecule has 0 spiro atoms. The van der Waals surface area contributed by atoms with Gasteiger partial charge in [0.2, 0.25) is 0 Å². The largest absolute Gasteiger partial charge is 0.335 e. The van der Waals surface area contributed by atoms with E-state index in [1.54, 1.807) is 0 Å². The maximum Gasteiger partial charge on any atom is 0.110 e. The van der Waals surface area contributed by atoms with Crippen molar-refractivity contribution in [2.24, 2.45) is 0 Å². The second-order valence-corrected chi connectivity index (χ2v) is 6.59. The van der Waals surface area contributed by atoms with Gasteiger partial charge in [0.25, 0.3) is 0 Å². The van der Waals surface area contributed by atoms with E-state index >= 15 is 0 Å². The number of rotatable bonds is 7. The van der Waals surface area contributed by atoms with Crippen LogP contribution in [0.5, 0.6) is 0 Å². The van der Waals surface area contributed by atoms with Crippen molar-refractivity contribution in [3.8, 4) is 0 Å². The highest BCUT2D eigenvalue weighted by Crippen LogP contribution is 2.25. The molecule has 0 saturated heterocycles. The highest BCUT2D eigenvalue weighted by molar-refractivity contribution is 14.1. The minimum absolute atomic E-state index is 0.238. The van der Waals surface area contributed by atoms with E-state index in [1.165, 1.54) is 5.56 Å². The molecule has 0 aliphatic heterocycles. The van der Waals surface area contributed by atoms with E-state index in [0.717, 1.165) is 40.3 Å². The Hall–Kier alpha value is -0.590. The predicted octanol–water partition coefficient (Wildman–Crippen LogP) is 4.44. The molecule has 1 atom stereocenters. The molecule has 0 aliphatic carbocycles.